The molecule has 0 aromatic heterocycles. The van der Waals surface area contributed by atoms with Crippen LogP contribution < -0.4 is 0 Å². The second-order valence-electron chi connectivity index (χ2n) is 2.67. The third kappa shape index (κ3) is 3.33. The van der Waals surface area contributed by atoms with Crippen LogP contribution in [0.15, 0.2) is 36.0 Å². The molecule has 0 saturated carbocycles. The molecule has 0 aromatic rings. The molecule has 0 N–H and O–H groups in total. The SMILES string of the molecule is C=C/C(C(C)=O)=C(C)\C=C/CC. The number of carbonyl (C=O) groups excluding carboxylic acids is 1. The molecule has 0 bridgehead atoms. The van der Waals surface area contributed by atoms with Crippen LogP contribution in [0.4, 0.5) is 0 Å². The Morgan fingerprint density at radius 1 is 1.42 bits per heavy atom. The van der Waals surface area contributed by atoms with E-state index in [9.17, 15) is 4.79 Å². The van der Waals surface area contributed by atoms with E-state index >= 15 is 0 Å². The molecule has 0 aliphatic carbocycles. The highest BCUT2D eigenvalue weighted by Gasteiger charge is 2.00. The minimum Gasteiger partial charge on any atom is -0.295 e. The lowest BCUT2D eigenvalue weighted by Crippen LogP contribution is -1.95. The highest BCUT2D eigenvalue weighted by atomic mass is 16.1. The van der Waals surface area contributed by atoms with Crippen LogP contribution in [0.1, 0.15) is 27.2 Å². The van der Waals surface area contributed by atoms with Gasteiger partial charge in [-0.2, -0.15) is 0 Å². The van der Waals surface area contributed by atoms with Gasteiger partial charge in [0.1, 0.15) is 0 Å². The lowest BCUT2D eigenvalue weighted by atomic mass is 10.1. The fourth-order valence-corrected chi connectivity index (χ4v) is 0.967. The van der Waals surface area contributed by atoms with E-state index in [2.05, 4.69) is 13.5 Å². The van der Waals surface area contributed by atoms with Crippen molar-refractivity contribution < 1.29 is 4.79 Å². The van der Waals surface area contributed by atoms with E-state index in [0.29, 0.717) is 5.57 Å². The van der Waals surface area contributed by atoms with Crippen LogP contribution in [-0.4, -0.2) is 5.78 Å². The number of hydrogen-bond acceptors (Lipinski definition) is 1. The van der Waals surface area contributed by atoms with Crippen LogP contribution in [0, 0.1) is 0 Å². The van der Waals surface area contributed by atoms with Gasteiger partial charge in [0.15, 0.2) is 5.78 Å². The predicted molar refractivity (Wildman–Crippen MR) is 53.0 cm³/mol. The average Bonchev–Trinajstić information content (AvgIpc) is 2.01. The maximum absolute atomic E-state index is 11.0. The third-order valence-electron chi connectivity index (χ3n) is 1.61. The van der Waals surface area contributed by atoms with Crippen LogP contribution in [0.3, 0.4) is 0 Å². The van der Waals surface area contributed by atoms with Gasteiger partial charge >= 0.3 is 0 Å². The van der Waals surface area contributed by atoms with E-state index in [1.54, 1.807) is 13.0 Å². The second-order valence-corrected chi connectivity index (χ2v) is 2.67. The first kappa shape index (κ1) is 10.9. The standard InChI is InChI=1S/C11H16O/c1-5-7-8-9(3)11(6-2)10(4)12/h6-8H,2,5H2,1,3-4H3/b8-7-,11-9+. The van der Waals surface area contributed by atoms with Crippen molar-refractivity contribution in [1.29, 1.82) is 0 Å². The van der Waals surface area contributed by atoms with E-state index in [1.807, 2.05) is 19.1 Å². The zero-order chi connectivity index (χ0) is 9.56. The quantitative estimate of drug-likeness (QED) is 0.461. The fourth-order valence-electron chi connectivity index (χ4n) is 0.967. The van der Waals surface area contributed by atoms with Gasteiger partial charge in [-0.05, 0) is 25.8 Å². The van der Waals surface area contributed by atoms with E-state index in [1.165, 1.54) is 0 Å². The molecular formula is C11H16O. The van der Waals surface area contributed by atoms with Gasteiger partial charge in [0, 0.05) is 5.57 Å². The van der Waals surface area contributed by atoms with Crippen molar-refractivity contribution in [3.05, 3.63) is 36.0 Å². The maximum atomic E-state index is 11.0. The Bertz CT molecular complexity index is 231. The third-order valence-corrected chi connectivity index (χ3v) is 1.61. The van der Waals surface area contributed by atoms with Gasteiger partial charge in [0.25, 0.3) is 0 Å². The molecule has 0 heterocycles. The van der Waals surface area contributed by atoms with Crippen molar-refractivity contribution in [2.24, 2.45) is 0 Å². The van der Waals surface area contributed by atoms with E-state index < -0.39 is 0 Å². The Morgan fingerprint density at radius 3 is 2.33 bits per heavy atom. The summed E-state index contributed by atoms with van der Waals surface area (Å²) in [5, 5.41) is 0. The zero-order valence-corrected chi connectivity index (χ0v) is 8.05. The Balaban J connectivity index is 4.72. The maximum Gasteiger partial charge on any atom is 0.160 e. The number of Topliss-reactive ketones (excluding diaryl/α,β-unsaturated/α-hetero) is 1. The molecular weight excluding hydrogens is 148 g/mol. The van der Waals surface area contributed by atoms with Gasteiger partial charge in [-0.25, -0.2) is 0 Å². The molecule has 1 heteroatoms. The van der Waals surface area contributed by atoms with Crippen molar-refractivity contribution in [2.45, 2.75) is 27.2 Å². The lowest BCUT2D eigenvalue weighted by molar-refractivity contribution is -0.113. The summed E-state index contributed by atoms with van der Waals surface area (Å²) in [6.45, 7) is 9.14. The van der Waals surface area contributed by atoms with Gasteiger partial charge in [-0.1, -0.05) is 31.7 Å². The van der Waals surface area contributed by atoms with Crippen LogP contribution >= 0.6 is 0 Å². The molecule has 0 aliphatic heterocycles. The summed E-state index contributed by atoms with van der Waals surface area (Å²) in [5.41, 5.74) is 1.69. The summed E-state index contributed by atoms with van der Waals surface area (Å²) in [6, 6.07) is 0. The second kappa shape index (κ2) is 5.53. The Labute approximate surface area is 74.5 Å². The molecule has 0 aliphatic rings. The topological polar surface area (TPSA) is 17.1 Å². The summed E-state index contributed by atoms with van der Waals surface area (Å²) in [6.07, 6.45) is 6.58. The van der Waals surface area contributed by atoms with E-state index in [4.69, 9.17) is 0 Å². The first-order valence-electron chi connectivity index (χ1n) is 4.14. The number of rotatable bonds is 4. The molecule has 0 unspecified atom stereocenters. The molecule has 0 spiro atoms. The minimum atomic E-state index is 0.0725. The molecule has 12 heavy (non-hydrogen) atoms. The Hall–Kier alpha value is -1.11. The van der Waals surface area contributed by atoms with Crippen LogP contribution in [0.5, 0.6) is 0 Å². The number of allylic oxidation sites excluding steroid dienone is 5. The Kier molecular flexibility index (Phi) is 5.02. The van der Waals surface area contributed by atoms with Crippen molar-refractivity contribution in [3.8, 4) is 0 Å². The first-order valence-corrected chi connectivity index (χ1v) is 4.14. The highest BCUT2D eigenvalue weighted by molar-refractivity contribution is 5.97. The molecule has 0 amide bonds. The number of carbonyl (C=O) groups is 1. The van der Waals surface area contributed by atoms with Gasteiger partial charge in [0.05, 0.1) is 0 Å². The normalized spacial score (nSPS) is 12.9. The summed E-state index contributed by atoms with van der Waals surface area (Å²) in [4.78, 5) is 11.0. The van der Waals surface area contributed by atoms with Crippen molar-refractivity contribution in [1.82, 2.24) is 0 Å². The Morgan fingerprint density at radius 2 is 2.00 bits per heavy atom. The van der Waals surface area contributed by atoms with Crippen molar-refractivity contribution >= 4 is 5.78 Å². The fraction of sp³-hybridized carbons (Fsp3) is 0.364. The molecule has 66 valence electrons. The van der Waals surface area contributed by atoms with E-state index in [0.717, 1.165) is 12.0 Å². The van der Waals surface area contributed by atoms with Gasteiger partial charge in [0.2, 0.25) is 0 Å². The summed E-state index contributed by atoms with van der Waals surface area (Å²) in [7, 11) is 0. The van der Waals surface area contributed by atoms with Crippen LogP contribution in [0.2, 0.25) is 0 Å². The predicted octanol–water partition coefficient (Wildman–Crippen LogP) is 3.04. The molecule has 0 atom stereocenters. The van der Waals surface area contributed by atoms with Gasteiger partial charge in [-0.3, -0.25) is 4.79 Å². The molecule has 0 saturated heterocycles. The first-order chi connectivity index (χ1) is 5.63. The van der Waals surface area contributed by atoms with Gasteiger partial charge in [-0.15, -0.1) is 0 Å². The summed E-state index contributed by atoms with van der Waals surface area (Å²) in [5.74, 6) is 0.0725. The van der Waals surface area contributed by atoms with Crippen molar-refractivity contribution in [2.75, 3.05) is 0 Å². The molecule has 0 fully saturated rings. The molecule has 1 nitrogen and oxygen atoms in total. The van der Waals surface area contributed by atoms with Crippen LogP contribution in [0.25, 0.3) is 0 Å². The average molecular weight is 164 g/mol. The monoisotopic (exact) mass is 164 g/mol. The van der Waals surface area contributed by atoms with Crippen LogP contribution in [-0.2, 0) is 4.79 Å². The molecule has 0 rings (SSSR count). The zero-order valence-electron chi connectivity index (χ0n) is 8.05. The largest absolute Gasteiger partial charge is 0.295 e. The molecule has 0 radical (unpaired) electrons. The highest BCUT2D eigenvalue weighted by Crippen LogP contribution is 2.08. The number of ketones is 1. The minimum absolute atomic E-state index is 0.0725. The lowest BCUT2D eigenvalue weighted by Gasteiger charge is -1.98. The number of hydrogen-bond donors (Lipinski definition) is 0. The summed E-state index contributed by atoms with van der Waals surface area (Å²) < 4.78 is 0. The molecule has 0 aromatic carbocycles. The summed E-state index contributed by atoms with van der Waals surface area (Å²) >= 11 is 0. The smallest absolute Gasteiger partial charge is 0.160 e. The van der Waals surface area contributed by atoms with Gasteiger partial charge < -0.3 is 0 Å². The van der Waals surface area contributed by atoms with Crippen molar-refractivity contribution in [3.63, 3.8) is 0 Å². The van der Waals surface area contributed by atoms with E-state index in [-0.39, 0.29) is 5.78 Å².